The minimum atomic E-state index is 0.601. The summed E-state index contributed by atoms with van der Waals surface area (Å²) in [6, 6.07) is 3.91. The minimum absolute atomic E-state index is 0.601. The Morgan fingerprint density at radius 3 is 2.17 bits per heavy atom. The molecule has 0 unspecified atom stereocenters. The smallest absolute Gasteiger partial charge is 0.175 e. The van der Waals surface area contributed by atoms with E-state index in [1.54, 1.807) is 14.2 Å². The van der Waals surface area contributed by atoms with Crippen LogP contribution in [0.2, 0.25) is 0 Å². The summed E-state index contributed by atoms with van der Waals surface area (Å²) in [4.78, 5) is 6.20. The molecular formula is C13H16N2O2S. The van der Waals surface area contributed by atoms with E-state index < -0.39 is 0 Å². The number of H-pyrrole nitrogens is 2. The summed E-state index contributed by atoms with van der Waals surface area (Å²) in [5.41, 5.74) is 3.87. The molecule has 5 heteroatoms. The number of rotatable bonds is 3. The molecule has 4 nitrogen and oxygen atoms in total. The number of aromatic nitrogens is 2. The Bertz CT molecular complexity index is 628. The van der Waals surface area contributed by atoms with E-state index in [0.717, 1.165) is 34.0 Å². The van der Waals surface area contributed by atoms with Crippen molar-refractivity contribution in [2.75, 3.05) is 14.2 Å². The molecule has 0 saturated carbocycles. The van der Waals surface area contributed by atoms with Crippen molar-refractivity contribution in [1.29, 1.82) is 0 Å². The molecule has 0 amide bonds. The third kappa shape index (κ3) is 2.13. The Morgan fingerprint density at radius 1 is 1.00 bits per heavy atom. The topological polar surface area (TPSA) is 50.0 Å². The quantitative estimate of drug-likeness (QED) is 0.836. The number of methoxy groups -OCH3 is 2. The Hall–Kier alpha value is -1.75. The average molecular weight is 264 g/mol. The van der Waals surface area contributed by atoms with Crippen LogP contribution in [0.5, 0.6) is 11.5 Å². The molecule has 0 saturated heterocycles. The summed E-state index contributed by atoms with van der Waals surface area (Å²) in [5.74, 6) is 1.62. The van der Waals surface area contributed by atoms with Crippen molar-refractivity contribution in [2.24, 2.45) is 0 Å². The predicted molar refractivity (Wildman–Crippen MR) is 74.0 cm³/mol. The summed E-state index contributed by atoms with van der Waals surface area (Å²) in [6.07, 6.45) is 0. The number of aromatic amines is 2. The third-order valence-corrected chi connectivity index (χ3v) is 3.11. The second-order valence-corrected chi connectivity index (χ2v) is 4.51. The van der Waals surface area contributed by atoms with Gasteiger partial charge in [-0.25, -0.2) is 0 Å². The van der Waals surface area contributed by atoms with E-state index in [-0.39, 0.29) is 0 Å². The van der Waals surface area contributed by atoms with Crippen molar-refractivity contribution in [1.82, 2.24) is 9.97 Å². The molecule has 0 spiro atoms. The molecule has 1 aromatic carbocycles. The van der Waals surface area contributed by atoms with Crippen LogP contribution in [-0.2, 0) is 0 Å². The molecule has 2 aromatic rings. The zero-order valence-corrected chi connectivity index (χ0v) is 11.7. The minimum Gasteiger partial charge on any atom is -0.496 e. The predicted octanol–water partition coefficient (Wildman–Crippen LogP) is 3.37. The van der Waals surface area contributed by atoms with Gasteiger partial charge in [0.25, 0.3) is 0 Å². The fraction of sp³-hybridized carbons (Fsp3) is 0.308. The van der Waals surface area contributed by atoms with E-state index in [9.17, 15) is 0 Å². The Balaban J connectivity index is 2.69. The largest absolute Gasteiger partial charge is 0.496 e. The van der Waals surface area contributed by atoms with Gasteiger partial charge in [-0.15, -0.1) is 0 Å². The first-order valence-electron chi connectivity index (χ1n) is 5.58. The first kappa shape index (κ1) is 12.7. The van der Waals surface area contributed by atoms with E-state index >= 15 is 0 Å². The van der Waals surface area contributed by atoms with Gasteiger partial charge in [-0.1, -0.05) is 0 Å². The summed E-state index contributed by atoms with van der Waals surface area (Å²) in [5, 5.41) is 0. The van der Waals surface area contributed by atoms with Crippen LogP contribution in [0.25, 0.3) is 11.3 Å². The molecule has 96 valence electrons. The number of benzene rings is 1. The monoisotopic (exact) mass is 264 g/mol. The van der Waals surface area contributed by atoms with Crippen LogP contribution in [0.15, 0.2) is 12.1 Å². The molecule has 2 rings (SSSR count). The van der Waals surface area contributed by atoms with Gasteiger partial charge in [-0.05, 0) is 43.8 Å². The molecule has 0 radical (unpaired) electrons. The summed E-state index contributed by atoms with van der Waals surface area (Å²) < 4.78 is 11.4. The van der Waals surface area contributed by atoms with Crippen molar-refractivity contribution >= 4 is 12.2 Å². The molecule has 0 atom stereocenters. The van der Waals surface area contributed by atoms with Gasteiger partial charge in [-0.2, -0.15) is 0 Å². The van der Waals surface area contributed by atoms with Gasteiger partial charge in [0.15, 0.2) is 4.77 Å². The van der Waals surface area contributed by atoms with E-state index in [0.29, 0.717) is 4.77 Å². The summed E-state index contributed by atoms with van der Waals surface area (Å²) in [6.45, 7) is 3.95. The Kier molecular flexibility index (Phi) is 3.43. The second kappa shape index (κ2) is 4.86. The SMILES string of the molecule is COc1cc(-c2[nH]c(=S)[nH]c2C)c(OC)cc1C. The fourth-order valence-electron chi connectivity index (χ4n) is 1.99. The highest BCUT2D eigenvalue weighted by molar-refractivity contribution is 7.71. The van der Waals surface area contributed by atoms with Crippen molar-refractivity contribution in [3.8, 4) is 22.8 Å². The van der Waals surface area contributed by atoms with E-state index in [4.69, 9.17) is 21.7 Å². The second-order valence-electron chi connectivity index (χ2n) is 4.10. The molecule has 18 heavy (non-hydrogen) atoms. The van der Waals surface area contributed by atoms with Gasteiger partial charge in [0.1, 0.15) is 11.5 Å². The average Bonchev–Trinajstić information content (AvgIpc) is 2.68. The Labute approximate surface area is 111 Å². The van der Waals surface area contributed by atoms with E-state index in [1.165, 1.54) is 0 Å². The van der Waals surface area contributed by atoms with Crippen molar-refractivity contribution in [3.63, 3.8) is 0 Å². The highest BCUT2D eigenvalue weighted by atomic mass is 32.1. The maximum Gasteiger partial charge on any atom is 0.175 e. The first-order chi connectivity index (χ1) is 8.56. The highest BCUT2D eigenvalue weighted by Gasteiger charge is 2.13. The van der Waals surface area contributed by atoms with Crippen LogP contribution < -0.4 is 9.47 Å². The summed E-state index contributed by atoms with van der Waals surface area (Å²) >= 11 is 5.10. The summed E-state index contributed by atoms with van der Waals surface area (Å²) in [7, 11) is 3.31. The molecule has 1 aromatic heterocycles. The molecule has 0 aliphatic heterocycles. The standard InChI is InChI=1S/C13H16N2O2S/c1-7-5-11(17-4)9(6-10(7)16-3)12-8(2)14-13(18)15-12/h5-6H,1-4H3,(H2,14,15,18). The lowest BCUT2D eigenvalue weighted by molar-refractivity contribution is 0.401. The Morgan fingerprint density at radius 2 is 1.67 bits per heavy atom. The van der Waals surface area contributed by atoms with E-state index in [1.807, 2.05) is 26.0 Å². The molecular weight excluding hydrogens is 248 g/mol. The highest BCUT2D eigenvalue weighted by Crippen LogP contribution is 2.36. The van der Waals surface area contributed by atoms with Gasteiger partial charge >= 0.3 is 0 Å². The lowest BCUT2D eigenvalue weighted by atomic mass is 10.1. The molecule has 0 aliphatic carbocycles. The maximum atomic E-state index is 5.42. The fourth-order valence-corrected chi connectivity index (χ4v) is 2.24. The number of nitrogens with one attached hydrogen (secondary N) is 2. The molecule has 2 N–H and O–H groups in total. The van der Waals surface area contributed by atoms with Crippen LogP contribution >= 0.6 is 12.2 Å². The van der Waals surface area contributed by atoms with Crippen LogP contribution in [0.1, 0.15) is 11.3 Å². The van der Waals surface area contributed by atoms with Gasteiger partial charge in [-0.3, -0.25) is 0 Å². The number of hydrogen-bond acceptors (Lipinski definition) is 3. The number of hydrogen-bond donors (Lipinski definition) is 2. The van der Waals surface area contributed by atoms with E-state index in [2.05, 4.69) is 9.97 Å². The van der Waals surface area contributed by atoms with Gasteiger partial charge in [0, 0.05) is 11.3 Å². The lowest BCUT2D eigenvalue weighted by Crippen LogP contribution is -1.94. The van der Waals surface area contributed by atoms with Crippen molar-refractivity contribution in [2.45, 2.75) is 13.8 Å². The van der Waals surface area contributed by atoms with Crippen molar-refractivity contribution in [3.05, 3.63) is 28.2 Å². The number of aryl methyl sites for hydroxylation is 2. The van der Waals surface area contributed by atoms with Gasteiger partial charge in [0.05, 0.1) is 19.9 Å². The zero-order valence-electron chi connectivity index (χ0n) is 10.9. The molecule has 0 bridgehead atoms. The van der Waals surface area contributed by atoms with Gasteiger partial charge in [0.2, 0.25) is 0 Å². The van der Waals surface area contributed by atoms with Crippen LogP contribution in [0, 0.1) is 18.6 Å². The van der Waals surface area contributed by atoms with Crippen LogP contribution in [-0.4, -0.2) is 24.2 Å². The first-order valence-corrected chi connectivity index (χ1v) is 5.99. The van der Waals surface area contributed by atoms with Crippen LogP contribution in [0.4, 0.5) is 0 Å². The number of imidazole rings is 1. The number of ether oxygens (including phenoxy) is 2. The molecule has 0 fully saturated rings. The third-order valence-electron chi connectivity index (χ3n) is 2.90. The van der Waals surface area contributed by atoms with Gasteiger partial charge < -0.3 is 19.4 Å². The molecule has 1 heterocycles. The van der Waals surface area contributed by atoms with Crippen molar-refractivity contribution < 1.29 is 9.47 Å². The van der Waals surface area contributed by atoms with Crippen LogP contribution in [0.3, 0.4) is 0 Å². The zero-order chi connectivity index (χ0) is 13.3. The maximum absolute atomic E-state index is 5.42. The molecule has 0 aliphatic rings. The normalized spacial score (nSPS) is 10.4. The lowest BCUT2D eigenvalue weighted by Gasteiger charge is -2.12.